The summed E-state index contributed by atoms with van der Waals surface area (Å²) in [4.78, 5) is 0. The molecule has 3 heteroatoms. The molecule has 0 heterocycles. The van der Waals surface area contributed by atoms with Gasteiger partial charge >= 0.3 is 192 Å². The van der Waals surface area contributed by atoms with Gasteiger partial charge in [0.2, 0.25) is 0 Å². The molecule has 2 aliphatic carbocycles. The summed E-state index contributed by atoms with van der Waals surface area (Å²) >= 11 is -2.21. The van der Waals surface area contributed by atoms with E-state index >= 15 is 0 Å². The van der Waals surface area contributed by atoms with E-state index in [2.05, 4.69) is 104 Å². The zero-order valence-electron chi connectivity index (χ0n) is 20.7. The zero-order valence-corrected chi connectivity index (χ0v) is 24.7. The van der Waals surface area contributed by atoms with Crippen molar-refractivity contribution in [2.75, 3.05) is 0 Å². The molecular weight excluding hydrogens is 510 g/mol. The van der Waals surface area contributed by atoms with Crippen molar-refractivity contribution in [1.82, 2.24) is 0 Å². The molecule has 2 unspecified atom stereocenters. The molecule has 170 valence electrons. The molecule has 0 amide bonds. The van der Waals surface area contributed by atoms with Crippen molar-refractivity contribution in [3.8, 4) is 0 Å². The van der Waals surface area contributed by atoms with Gasteiger partial charge in [0.15, 0.2) is 0 Å². The summed E-state index contributed by atoms with van der Waals surface area (Å²) in [7, 11) is 0. The maximum atomic E-state index is 5.06. The number of halogens is 2. The van der Waals surface area contributed by atoms with Gasteiger partial charge in [0.25, 0.3) is 0 Å². The Morgan fingerprint density at radius 2 is 0.938 bits per heavy atom. The van der Waals surface area contributed by atoms with Crippen LogP contribution in [0.5, 0.6) is 0 Å². The molecule has 2 aliphatic rings. The average Bonchev–Trinajstić information content (AvgIpc) is 3.10. The Bertz CT molecular complexity index is 1020. The minimum atomic E-state index is -2.21. The van der Waals surface area contributed by atoms with E-state index in [0.717, 1.165) is 0 Å². The van der Waals surface area contributed by atoms with Crippen molar-refractivity contribution < 1.29 is 46.1 Å². The van der Waals surface area contributed by atoms with E-state index in [4.69, 9.17) is 4.21 Å². The number of benzene rings is 2. The standard InChI is InChI=1S/2C14H17.CH2.2ClH.Zr/c2*1-10-9-11-7-5-6-8-12(11)13(10)14(2,3)4;;;;/h2*5-9H,1-4H3;1H2;2*1H;/q;;;;;+2/p-2. The van der Waals surface area contributed by atoms with E-state index in [0.29, 0.717) is 7.25 Å². The van der Waals surface area contributed by atoms with Crippen molar-refractivity contribution in [3.63, 3.8) is 0 Å². The fourth-order valence-corrected chi connectivity index (χ4v) is 13.7. The van der Waals surface area contributed by atoms with Crippen molar-refractivity contribution in [2.45, 2.75) is 62.6 Å². The van der Waals surface area contributed by atoms with Crippen molar-refractivity contribution in [3.05, 3.63) is 81.9 Å². The molecule has 0 N–H and O–H groups in total. The third-order valence-corrected chi connectivity index (χ3v) is 14.3. The molecule has 0 fully saturated rings. The first kappa shape index (κ1) is 27.5. The first-order valence-corrected chi connectivity index (χ1v) is 15.8. The van der Waals surface area contributed by atoms with Crippen LogP contribution in [0.25, 0.3) is 11.1 Å². The van der Waals surface area contributed by atoms with Gasteiger partial charge in [0, 0.05) is 0 Å². The van der Waals surface area contributed by atoms with E-state index in [1.807, 2.05) is 0 Å². The Hall–Kier alpha value is -0.747. The summed E-state index contributed by atoms with van der Waals surface area (Å²) in [6, 6.07) is 18.3. The van der Waals surface area contributed by atoms with Gasteiger partial charge in [0.1, 0.15) is 0 Å². The molecule has 0 aromatic heterocycles. The largest absolute Gasteiger partial charge is 1.00 e. The number of hydrogen-bond acceptors (Lipinski definition) is 0. The number of allylic oxidation sites excluding steroid dienone is 4. The van der Waals surface area contributed by atoms with Gasteiger partial charge in [-0.05, 0) is 0 Å². The Balaban J connectivity index is 0.00000181. The van der Waals surface area contributed by atoms with E-state index in [9.17, 15) is 0 Å². The summed E-state index contributed by atoms with van der Waals surface area (Å²) in [5, 5.41) is 0. The predicted octanol–water partition coefficient (Wildman–Crippen LogP) is 2.19. The van der Waals surface area contributed by atoms with Crippen LogP contribution in [0, 0.1) is 10.8 Å². The van der Waals surface area contributed by atoms with Crippen LogP contribution in [0.15, 0.2) is 59.7 Å². The summed E-state index contributed by atoms with van der Waals surface area (Å²) in [5.41, 5.74) is 12.7. The SMILES string of the molecule is [CH2]=[Zr+2]([CH]1C(C)=C(C(C)(C)C)c2ccccc21)[CH]1C(C)=C(C(C)(C)C)c2ccccc21.[Cl-].[Cl-]. The first-order chi connectivity index (χ1) is 13.9. The van der Waals surface area contributed by atoms with Crippen LogP contribution in [-0.2, 0) is 21.3 Å². The van der Waals surface area contributed by atoms with Gasteiger partial charge in [-0.2, -0.15) is 0 Å². The molecule has 2 aromatic rings. The molecule has 4 rings (SSSR count). The quantitative estimate of drug-likeness (QED) is 0.542. The Kier molecular flexibility index (Phi) is 8.15. The van der Waals surface area contributed by atoms with Gasteiger partial charge in [-0.3, -0.25) is 0 Å². The van der Waals surface area contributed by atoms with Crippen LogP contribution >= 0.6 is 0 Å². The Labute approximate surface area is 215 Å². The second-order valence-electron chi connectivity index (χ2n) is 11.2. The van der Waals surface area contributed by atoms with Crippen LogP contribution in [0.1, 0.15) is 84.9 Å². The first-order valence-electron chi connectivity index (χ1n) is 11.2. The molecule has 0 spiro atoms. The number of rotatable bonds is 2. The van der Waals surface area contributed by atoms with Gasteiger partial charge in [0.05, 0.1) is 0 Å². The Morgan fingerprint density at radius 3 is 1.25 bits per heavy atom. The molecule has 0 radical (unpaired) electrons. The molecule has 32 heavy (non-hydrogen) atoms. The zero-order chi connectivity index (χ0) is 22.0. The third-order valence-electron chi connectivity index (χ3n) is 6.98. The second kappa shape index (κ2) is 9.48. The molecule has 0 nitrogen and oxygen atoms in total. The monoisotopic (exact) mass is 544 g/mol. The van der Waals surface area contributed by atoms with Gasteiger partial charge in [-0.15, -0.1) is 0 Å². The molecule has 2 aromatic carbocycles. The molecular formula is C29H36Cl2Zr. The minimum Gasteiger partial charge on any atom is -1.00 e. The van der Waals surface area contributed by atoms with E-state index in [1.165, 1.54) is 11.1 Å². The normalized spacial score (nSPS) is 19.6. The summed E-state index contributed by atoms with van der Waals surface area (Å²) in [6.45, 7) is 19.0. The van der Waals surface area contributed by atoms with Gasteiger partial charge in [-0.25, -0.2) is 0 Å². The fraction of sp³-hybridized carbons (Fsp3) is 0.414. The van der Waals surface area contributed by atoms with Crippen LogP contribution in [-0.4, -0.2) is 4.21 Å². The van der Waals surface area contributed by atoms with Crippen LogP contribution in [0.3, 0.4) is 0 Å². The van der Waals surface area contributed by atoms with Crippen molar-refractivity contribution in [2.24, 2.45) is 10.8 Å². The van der Waals surface area contributed by atoms with Gasteiger partial charge < -0.3 is 24.8 Å². The fourth-order valence-electron chi connectivity index (χ4n) is 6.25. The second-order valence-corrected chi connectivity index (χ2v) is 16.9. The molecule has 0 bridgehead atoms. The molecule has 2 atom stereocenters. The topological polar surface area (TPSA) is 0 Å². The summed E-state index contributed by atoms with van der Waals surface area (Å²) in [6.07, 6.45) is 0. The predicted molar refractivity (Wildman–Crippen MR) is 130 cm³/mol. The average molecular weight is 547 g/mol. The van der Waals surface area contributed by atoms with Crippen LogP contribution in [0.2, 0.25) is 0 Å². The van der Waals surface area contributed by atoms with Gasteiger partial charge in [-0.1, -0.05) is 0 Å². The molecule has 0 saturated heterocycles. The van der Waals surface area contributed by atoms with Crippen LogP contribution < -0.4 is 24.8 Å². The summed E-state index contributed by atoms with van der Waals surface area (Å²) in [5.74, 6) is 0. The number of fused-ring (bicyclic) bond motifs is 2. The Morgan fingerprint density at radius 1 is 0.625 bits per heavy atom. The smallest absolute Gasteiger partial charge is 1.00 e. The van der Waals surface area contributed by atoms with Crippen molar-refractivity contribution >= 4 is 15.4 Å². The van der Waals surface area contributed by atoms with E-state index < -0.39 is 21.3 Å². The van der Waals surface area contributed by atoms with Crippen LogP contribution in [0.4, 0.5) is 0 Å². The maximum absolute atomic E-state index is 5.06. The molecule has 0 aliphatic heterocycles. The minimum absolute atomic E-state index is 0. The maximum Gasteiger partial charge on any atom is -1.00 e. The third kappa shape index (κ3) is 4.35. The summed E-state index contributed by atoms with van der Waals surface area (Å²) < 4.78 is 6.18. The van der Waals surface area contributed by atoms with Crippen molar-refractivity contribution in [1.29, 1.82) is 0 Å². The van der Waals surface area contributed by atoms with E-state index in [1.54, 1.807) is 33.4 Å². The van der Waals surface area contributed by atoms with E-state index in [-0.39, 0.29) is 35.6 Å². The molecule has 0 saturated carbocycles. The number of hydrogen-bond donors (Lipinski definition) is 0.